The molecule has 1 unspecified atom stereocenters. The molecule has 1 aromatic heterocycles. The minimum absolute atomic E-state index is 0.288. The zero-order chi connectivity index (χ0) is 25.4. The highest BCUT2D eigenvalue weighted by atomic mass is 16.5. The Kier molecular flexibility index (Phi) is 12.6. The van der Waals surface area contributed by atoms with Crippen molar-refractivity contribution in [2.24, 2.45) is 0 Å². The lowest BCUT2D eigenvalue weighted by molar-refractivity contribution is 0.304. The molecule has 2 aromatic carbocycles. The normalized spacial score (nSPS) is 12.0. The number of benzene rings is 2. The summed E-state index contributed by atoms with van der Waals surface area (Å²) in [6.45, 7) is 7.58. The quantitative estimate of drug-likeness (QED) is 0.177. The highest BCUT2D eigenvalue weighted by Gasteiger charge is 2.10. The van der Waals surface area contributed by atoms with Crippen molar-refractivity contribution in [2.75, 3.05) is 6.61 Å². The molecular weight excluding hydrogens is 438 g/mol. The van der Waals surface area contributed by atoms with E-state index in [0.29, 0.717) is 0 Å². The minimum Gasteiger partial charge on any atom is -0.494 e. The van der Waals surface area contributed by atoms with Crippen molar-refractivity contribution in [1.82, 2.24) is 4.98 Å². The third kappa shape index (κ3) is 9.45. The summed E-state index contributed by atoms with van der Waals surface area (Å²) in [5.41, 5.74) is 6.26. The van der Waals surface area contributed by atoms with E-state index in [2.05, 4.69) is 87.6 Å². The maximum absolute atomic E-state index is 5.96. The van der Waals surface area contributed by atoms with Crippen LogP contribution in [0, 0.1) is 0 Å². The van der Waals surface area contributed by atoms with Crippen molar-refractivity contribution in [1.29, 1.82) is 0 Å². The van der Waals surface area contributed by atoms with E-state index in [4.69, 9.17) is 9.72 Å². The molecule has 36 heavy (non-hydrogen) atoms. The summed E-state index contributed by atoms with van der Waals surface area (Å²) in [5.74, 6) is 1.26. The van der Waals surface area contributed by atoms with Crippen molar-refractivity contribution in [3.8, 4) is 16.9 Å². The van der Waals surface area contributed by atoms with Crippen LogP contribution in [-0.2, 0) is 6.42 Å². The molecule has 0 N–H and O–H groups in total. The Labute approximate surface area is 220 Å². The molecule has 0 spiro atoms. The maximum atomic E-state index is 5.96. The van der Waals surface area contributed by atoms with Crippen LogP contribution in [-0.4, -0.2) is 11.6 Å². The van der Waals surface area contributed by atoms with Gasteiger partial charge in [-0.25, -0.2) is 0 Å². The first-order valence-corrected chi connectivity index (χ1v) is 14.5. The van der Waals surface area contributed by atoms with Crippen molar-refractivity contribution >= 4 is 0 Å². The van der Waals surface area contributed by atoms with Gasteiger partial charge in [-0.05, 0) is 59.7 Å². The molecular formula is C34H47NO. The van der Waals surface area contributed by atoms with Crippen LogP contribution >= 0.6 is 0 Å². The average molecular weight is 486 g/mol. The zero-order valence-electron chi connectivity index (χ0n) is 23.0. The van der Waals surface area contributed by atoms with Gasteiger partial charge in [0.1, 0.15) is 5.75 Å². The Morgan fingerprint density at radius 2 is 1.22 bits per heavy atom. The number of aryl methyl sites for hydroxylation is 1. The van der Waals surface area contributed by atoms with Crippen LogP contribution < -0.4 is 4.74 Å². The monoisotopic (exact) mass is 485 g/mol. The second-order valence-corrected chi connectivity index (χ2v) is 10.2. The summed E-state index contributed by atoms with van der Waals surface area (Å²) >= 11 is 0. The molecule has 1 atom stereocenters. The second kappa shape index (κ2) is 16.2. The topological polar surface area (TPSA) is 22.1 Å². The van der Waals surface area contributed by atoms with E-state index < -0.39 is 0 Å². The van der Waals surface area contributed by atoms with Crippen LogP contribution in [0.1, 0.15) is 114 Å². The first kappa shape index (κ1) is 28.0. The second-order valence-electron chi connectivity index (χ2n) is 10.2. The fraction of sp³-hybridized carbons (Fsp3) is 0.500. The SMILES string of the molecule is CCCCCCCCCOc1ccc(-c2ccc(C(C)c3ccc(CCCCCC)cn3)cc2)cc1. The molecule has 0 saturated carbocycles. The highest BCUT2D eigenvalue weighted by Crippen LogP contribution is 2.27. The van der Waals surface area contributed by atoms with Gasteiger partial charge in [-0.2, -0.15) is 0 Å². The van der Waals surface area contributed by atoms with Gasteiger partial charge in [0.2, 0.25) is 0 Å². The summed E-state index contributed by atoms with van der Waals surface area (Å²) in [5, 5.41) is 0. The molecule has 0 aliphatic heterocycles. The number of hydrogen-bond donors (Lipinski definition) is 0. The number of aromatic nitrogens is 1. The number of nitrogens with zero attached hydrogens (tertiary/aromatic N) is 1. The standard InChI is InChI=1S/C34H47NO/c1-4-6-8-10-11-12-14-26-36-33-23-21-32(22-24-33)31-19-17-30(18-20-31)28(3)34-25-16-29(27-35-34)15-13-9-7-5-2/h16-25,27-28H,4-15,26H2,1-3H3. The van der Waals surface area contributed by atoms with Gasteiger partial charge in [0.05, 0.1) is 6.61 Å². The predicted octanol–water partition coefficient (Wildman–Crippen LogP) is 10.2. The third-order valence-electron chi connectivity index (χ3n) is 7.23. The Bertz CT molecular complexity index is 960. The van der Waals surface area contributed by atoms with Crippen molar-refractivity contribution in [2.45, 2.75) is 104 Å². The summed E-state index contributed by atoms with van der Waals surface area (Å²) in [6.07, 6.45) is 17.6. The number of ether oxygens (including phenoxy) is 1. The van der Waals surface area contributed by atoms with Crippen LogP contribution in [0.15, 0.2) is 66.9 Å². The van der Waals surface area contributed by atoms with E-state index in [9.17, 15) is 0 Å². The summed E-state index contributed by atoms with van der Waals surface area (Å²) in [7, 11) is 0. The number of rotatable bonds is 17. The van der Waals surface area contributed by atoms with Gasteiger partial charge in [0.15, 0.2) is 0 Å². The van der Waals surface area contributed by atoms with Gasteiger partial charge in [-0.3, -0.25) is 4.98 Å². The first-order chi connectivity index (χ1) is 17.7. The molecule has 3 aromatic rings. The molecule has 0 aliphatic rings. The Hall–Kier alpha value is -2.61. The molecule has 0 amide bonds. The highest BCUT2D eigenvalue weighted by molar-refractivity contribution is 5.64. The molecule has 2 heteroatoms. The molecule has 194 valence electrons. The molecule has 0 fully saturated rings. The number of unbranched alkanes of at least 4 members (excludes halogenated alkanes) is 9. The van der Waals surface area contributed by atoms with Gasteiger partial charge >= 0.3 is 0 Å². The van der Waals surface area contributed by atoms with Gasteiger partial charge in [0.25, 0.3) is 0 Å². The van der Waals surface area contributed by atoms with Crippen molar-refractivity contribution < 1.29 is 4.74 Å². The van der Waals surface area contributed by atoms with E-state index in [1.807, 2.05) is 0 Å². The maximum Gasteiger partial charge on any atom is 0.119 e. The Morgan fingerprint density at radius 3 is 1.83 bits per heavy atom. The lowest BCUT2D eigenvalue weighted by Gasteiger charge is -2.13. The molecule has 2 nitrogen and oxygen atoms in total. The molecule has 1 heterocycles. The minimum atomic E-state index is 0.288. The van der Waals surface area contributed by atoms with E-state index in [-0.39, 0.29) is 5.92 Å². The van der Waals surface area contributed by atoms with Crippen LogP contribution in [0.2, 0.25) is 0 Å². The van der Waals surface area contributed by atoms with Crippen LogP contribution in [0.4, 0.5) is 0 Å². The van der Waals surface area contributed by atoms with Crippen molar-refractivity contribution in [3.63, 3.8) is 0 Å². The number of pyridine rings is 1. The average Bonchev–Trinajstić information content (AvgIpc) is 2.93. The summed E-state index contributed by atoms with van der Waals surface area (Å²) in [6, 6.07) is 21.9. The lowest BCUT2D eigenvalue weighted by atomic mass is 9.94. The zero-order valence-corrected chi connectivity index (χ0v) is 23.0. The fourth-order valence-corrected chi connectivity index (χ4v) is 4.72. The van der Waals surface area contributed by atoms with Gasteiger partial charge in [0, 0.05) is 17.8 Å². The Morgan fingerprint density at radius 1 is 0.639 bits per heavy atom. The molecule has 3 rings (SSSR count). The van der Waals surface area contributed by atoms with E-state index in [1.54, 1.807) is 0 Å². The van der Waals surface area contributed by atoms with Crippen LogP contribution in [0.3, 0.4) is 0 Å². The summed E-state index contributed by atoms with van der Waals surface area (Å²) < 4.78 is 5.96. The third-order valence-corrected chi connectivity index (χ3v) is 7.23. The van der Waals surface area contributed by atoms with Gasteiger partial charge in [-0.15, -0.1) is 0 Å². The largest absolute Gasteiger partial charge is 0.494 e. The van der Waals surface area contributed by atoms with E-state index in [0.717, 1.165) is 30.9 Å². The van der Waals surface area contributed by atoms with Gasteiger partial charge < -0.3 is 4.74 Å². The predicted molar refractivity (Wildman–Crippen MR) is 155 cm³/mol. The lowest BCUT2D eigenvalue weighted by Crippen LogP contribution is -2.00. The fourth-order valence-electron chi connectivity index (χ4n) is 4.72. The van der Waals surface area contributed by atoms with Gasteiger partial charge in [-0.1, -0.05) is 121 Å². The number of hydrogen-bond acceptors (Lipinski definition) is 2. The van der Waals surface area contributed by atoms with E-state index in [1.165, 1.54) is 86.5 Å². The molecule has 0 radical (unpaired) electrons. The Balaban J connectivity index is 1.45. The smallest absolute Gasteiger partial charge is 0.119 e. The van der Waals surface area contributed by atoms with Crippen LogP contribution in [0.5, 0.6) is 5.75 Å². The van der Waals surface area contributed by atoms with Crippen LogP contribution in [0.25, 0.3) is 11.1 Å². The molecule has 0 bridgehead atoms. The molecule has 0 saturated heterocycles. The summed E-state index contributed by atoms with van der Waals surface area (Å²) in [4.78, 5) is 4.78. The molecule has 0 aliphatic carbocycles. The van der Waals surface area contributed by atoms with E-state index >= 15 is 0 Å². The first-order valence-electron chi connectivity index (χ1n) is 14.5. The van der Waals surface area contributed by atoms with Crippen molar-refractivity contribution in [3.05, 3.63) is 83.7 Å².